The van der Waals surface area contributed by atoms with Crippen LogP contribution in [0.1, 0.15) is 29.1 Å². The first-order valence-electron chi connectivity index (χ1n) is 7.86. The van der Waals surface area contributed by atoms with E-state index >= 15 is 0 Å². The maximum Gasteiger partial charge on any atom is 0.243 e. The first-order chi connectivity index (χ1) is 11.5. The van der Waals surface area contributed by atoms with Gasteiger partial charge in [0, 0.05) is 23.4 Å². The molecule has 0 saturated carbocycles. The van der Waals surface area contributed by atoms with Crippen molar-refractivity contribution in [2.45, 2.75) is 33.6 Å². The minimum absolute atomic E-state index is 0.206. The van der Waals surface area contributed by atoms with Crippen molar-refractivity contribution in [2.24, 2.45) is 0 Å². The van der Waals surface area contributed by atoms with Gasteiger partial charge in [-0.3, -0.25) is 10.0 Å². The minimum Gasteiger partial charge on any atom is -0.289 e. The molecule has 24 heavy (non-hydrogen) atoms. The number of carbonyl (C=O) groups excluding carboxylic acids is 1. The van der Waals surface area contributed by atoms with Gasteiger partial charge in [0.2, 0.25) is 5.91 Å². The lowest BCUT2D eigenvalue weighted by Crippen LogP contribution is -2.19. The van der Waals surface area contributed by atoms with Gasteiger partial charge in [0.25, 0.3) is 0 Å². The number of nitrogens with one attached hydrogen (secondary N) is 1. The number of fused-ring (bicyclic) bond motifs is 1. The Morgan fingerprint density at radius 1 is 1.17 bits per heavy atom. The van der Waals surface area contributed by atoms with Crippen LogP contribution in [-0.2, 0) is 11.2 Å². The van der Waals surface area contributed by atoms with Crippen molar-refractivity contribution < 1.29 is 10.0 Å². The SMILES string of the molecule is Cc1nc2c(-c3ccccc3)c(C)nn2c(C)c1CCC(=O)NO. The van der Waals surface area contributed by atoms with Gasteiger partial charge in [-0.15, -0.1) is 0 Å². The number of nitrogens with zero attached hydrogens (tertiary/aromatic N) is 3. The van der Waals surface area contributed by atoms with Crippen LogP contribution < -0.4 is 5.48 Å². The number of amides is 1. The summed E-state index contributed by atoms with van der Waals surface area (Å²) in [6.45, 7) is 5.90. The topological polar surface area (TPSA) is 79.5 Å². The van der Waals surface area contributed by atoms with Gasteiger partial charge < -0.3 is 0 Å². The average molecular weight is 324 g/mol. The summed E-state index contributed by atoms with van der Waals surface area (Å²) in [4.78, 5) is 16.1. The Hall–Kier alpha value is -2.73. The maximum absolute atomic E-state index is 11.3. The van der Waals surface area contributed by atoms with Crippen molar-refractivity contribution >= 4 is 11.6 Å². The Morgan fingerprint density at radius 2 is 1.88 bits per heavy atom. The van der Waals surface area contributed by atoms with Crippen LogP contribution >= 0.6 is 0 Å². The summed E-state index contributed by atoms with van der Waals surface area (Å²) < 4.78 is 1.84. The predicted molar refractivity (Wildman–Crippen MR) is 90.9 cm³/mol. The van der Waals surface area contributed by atoms with Gasteiger partial charge in [0.05, 0.1) is 5.69 Å². The van der Waals surface area contributed by atoms with Crippen LogP contribution in [0.25, 0.3) is 16.8 Å². The normalized spacial score (nSPS) is 11.0. The number of hydroxylamine groups is 1. The zero-order valence-electron chi connectivity index (χ0n) is 14.0. The zero-order chi connectivity index (χ0) is 17.3. The molecule has 0 saturated heterocycles. The van der Waals surface area contributed by atoms with E-state index in [0.29, 0.717) is 6.42 Å². The second-order valence-corrected chi connectivity index (χ2v) is 5.86. The Bertz CT molecular complexity index is 901. The van der Waals surface area contributed by atoms with Crippen molar-refractivity contribution in [1.82, 2.24) is 20.1 Å². The van der Waals surface area contributed by atoms with Gasteiger partial charge in [-0.1, -0.05) is 30.3 Å². The molecule has 124 valence electrons. The number of aromatic nitrogens is 3. The van der Waals surface area contributed by atoms with Gasteiger partial charge in [-0.25, -0.2) is 15.0 Å². The molecule has 6 heteroatoms. The molecule has 3 rings (SSSR count). The van der Waals surface area contributed by atoms with Crippen molar-refractivity contribution in [2.75, 3.05) is 0 Å². The molecule has 0 unspecified atom stereocenters. The third-order valence-corrected chi connectivity index (χ3v) is 4.29. The highest BCUT2D eigenvalue weighted by atomic mass is 16.5. The monoisotopic (exact) mass is 324 g/mol. The average Bonchev–Trinajstić information content (AvgIpc) is 2.91. The van der Waals surface area contributed by atoms with E-state index in [1.165, 1.54) is 0 Å². The summed E-state index contributed by atoms with van der Waals surface area (Å²) in [5.74, 6) is -0.407. The van der Waals surface area contributed by atoms with E-state index in [9.17, 15) is 4.79 Å². The fourth-order valence-electron chi connectivity index (χ4n) is 3.07. The third-order valence-electron chi connectivity index (χ3n) is 4.29. The van der Waals surface area contributed by atoms with E-state index in [2.05, 4.69) is 17.2 Å². The van der Waals surface area contributed by atoms with Crippen LogP contribution in [0.2, 0.25) is 0 Å². The number of aryl methyl sites for hydroxylation is 3. The van der Waals surface area contributed by atoms with Gasteiger partial charge >= 0.3 is 0 Å². The highest BCUT2D eigenvalue weighted by Crippen LogP contribution is 2.29. The van der Waals surface area contributed by atoms with Gasteiger partial charge in [-0.05, 0) is 38.3 Å². The van der Waals surface area contributed by atoms with E-state index in [-0.39, 0.29) is 6.42 Å². The molecule has 0 atom stereocenters. The molecule has 6 nitrogen and oxygen atoms in total. The smallest absolute Gasteiger partial charge is 0.243 e. The van der Waals surface area contributed by atoms with E-state index in [1.54, 1.807) is 5.48 Å². The molecular formula is C18H20N4O2. The molecule has 2 N–H and O–H groups in total. The first-order valence-corrected chi connectivity index (χ1v) is 7.86. The van der Waals surface area contributed by atoms with Crippen LogP contribution in [0, 0.1) is 20.8 Å². The molecule has 0 fully saturated rings. The summed E-state index contributed by atoms with van der Waals surface area (Å²) in [6, 6.07) is 10.1. The highest BCUT2D eigenvalue weighted by molar-refractivity contribution is 5.80. The largest absolute Gasteiger partial charge is 0.289 e. The maximum atomic E-state index is 11.3. The Morgan fingerprint density at radius 3 is 2.54 bits per heavy atom. The van der Waals surface area contributed by atoms with Crippen LogP contribution in [0.5, 0.6) is 0 Å². The summed E-state index contributed by atoms with van der Waals surface area (Å²) in [7, 11) is 0. The van der Waals surface area contributed by atoms with Crippen LogP contribution in [0.15, 0.2) is 30.3 Å². The lowest BCUT2D eigenvalue weighted by molar-refractivity contribution is -0.129. The van der Waals surface area contributed by atoms with E-state index < -0.39 is 5.91 Å². The molecular weight excluding hydrogens is 304 g/mol. The lowest BCUT2D eigenvalue weighted by atomic mass is 10.0. The molecule has 3 aromatic rings. The van der Waals surface area contributed by atoms with Gasteiger partial charge in [0.15, 0.2) is 5.65 Å². The Labute approximate surface area is 140 Å². The minimum atomic E-state index is -0.407. The molecule has 0 aliphatic carbocycles. The molecule has 0 aliphatic heterocycles. The summed E-state index contributed by atoms with van der Waals surface area (Å²) in [5, 5.41) is 13.3. The lowest BCUT2D eigenvalue weighted by Gasteiger charge is -2.11. The number of benzene rings is 1. The molecule has 2 aromatic heterocycles. The van der Waals surface area contributed by atoms with E-state index in [1.807, 2.05) is 43.5 Å². The standard InChI is InChI=1S/C18H20N4O2/c1-11-15(9-10-16(23)21-24)13(3)22-18(19-11)17(12(2)20-22)14-7-5-4-6-8-14/h4-8,24H,9-10H2,1-3H3,(H,21,23). The fourth-order valence-corrected chi connectivity index (χ4v) is 3.07. The predicted octanol–water partition coefficient (Wildman–Crippen LogP) is 2.76. The zero-order valence-corrected chi connectivity index (χ0v) is 14.0. The second-order valence-electron chi connectivity index (χ2n) is 5.86. The van der Waals surface area contributed by atoms with Crippen molar-refractivity contribution in [3.8, 4) is 11.1 Å². The summed E-state index contributed by atoms with van der Waals surface area (Å²) in [5.41, 5.74) is 8.35. The third kappa shape index (κ3) is 2.76. The Kier molecular flexibility index (Phi) is 4.31. The van der Waals surface area contributed by atoms with Crippen LogP contribution in [-0.4, -0.2) is 25.7 Å². The van der Waals surface area contributed by atoms with Gasteiger partial charge in [-0.2, -0.15) is 5.10 Å². The van der Waals surface area contributed by atoms with E-state index in [4.69, 9.17) is 10.2 Å². The Balaban J connectivity index is 2.13. The fraction of sp³-hybridized carbons (Fsp3) is 0.278. The van der Waals surface area contributed by atoms with E-state index in [0.717, 1.165) is 39.4 Å². The highest BCUT2D eigenvalue weighted by Gasteiger charge is 2.18. The van der Waals surface area contributed by atoms with Crippen molar-refractivity contribution in [1.29, 1.82) is 0 Å². The number of rotatable bonds is 4. The molecule has 0 spiro atoms. The quantitative estimate of drug-likeness (QED) is 0.571. The second kappa shape index (κ2) is 6.41. The summed E-state index contributed by atoms with van der Waals surface area (Å²) in [6.07, 6.45) is 0.712. The summed E-state index contributed by atoms with van der Waals surface area (Å²) >= 11 is 0. The van der Waals surface area contributed by atoms with Crippen molar-refractivity contribution in [3.63, 3.8) is 0 Å². The molecule has 1 amide bonds. The van der Waals surface area contributed by atoms with Crippen LogP contribution in [0.4, 0.5) is 0 Å². The molecule has 0 aliphatic rings. The number of carbonyl (C=O) groups is 1. The van der Waals surface area contributed by atoms with Crippen LogP contribution in [0.3, 0.4) is 0 Å². The molecule has 2 heterocycles. The van der Waals surface area contributed by atoms with Crippen molar-refractivity contribution in [3.05, 3.63) is 53.0 Å². The molecule has 1 aromatic carbocycles. The van der Waals surface area contributed by atoms with Gasteiger partial charge in [0.1, 0.15) is 0 Å². The number of hydrogen-bond acceptors (Lipinski definition) is 4. The molecule has 0 radical (unpaired) electrons. The molecule has 0 bridgehead atoms. The first kappa shape index (κ1) is 16.1. The number of hydrogen-bond donors (Lipinski definition) is 2.